The van der Waals surface area contributed by atoms with E-state index in [0.29, 0.717) is 25.0 Å². The molecule has 1 N–H and O–H groups in total. The van der Waals surface area contributed by atoms with Gasteiger partial charge in [-0.15, -0.1) is 0 Å². The minimum atomic E-state index is -1.16. The van der Waals surface area contributed by atoms with Crippen LogP contribution in [-0.2, 0) is 46.3 Å². The zero-order chi connectivity index (χ0) is 28.9. The first-order valence-electron chi connectivity index (χ1n) is 13.3. The second-order valence-corrected chi connectivity index (χ2v) is 14.1. The molecule has 7 nitrogen and oxygen atoms in total. The lowest BCUT2D eigenvalue weighted by Crippen LogP contribution is -2.38. The smallest absolute Gasteiger partial charge is 0.306 e. The van der Waals surface area contributed by atoms with E-state index >= 15 is 0 Å². The molecular weight excluding hydrogens is 472 g/mol. The van der Waals surface area contributed by atoms with Crippen molar-refractivity contribution < 1.29 is 34.2 Å². The average molecular weight is 525 g/mol. The normalized spacial score (nSPS) is 13.6. The Bertz CT molecular complexity index is 824. The maximum absolute atomic E-state index is 12.5. The molecule has 0 amide bonds. The Morgan fingerprint density at radius 2 is 1.16 bits per heavy atom. The van der Waals surface area contributed by atoms with Crippen molar-refractivity contribution in [2.24, 2.45) is 0 Å². The number of phenolic OH excluding ortho intramolecular Hbond substituents is 1. The SMILES string of the molecule is CC(C)(C)OOC(C)(CCCOC(=O)CCc1cc(C(C)(C)C)c(O)c(C(C)(C)C)c1)OOC(C)(C)C. The highest BCUT2D eigenvalue weighted by Gasteiger charge is 2.33. The number of ether oxygens (including phenoxy) is 1. The summed E-state index contributed by atoms with van der Waals surface area (Å²) in [4.78, 5) is 34.6. The number of hydrogen-bond acceptors (Lipinski definition) is 7. The molecule has 0 aromatic heterocycles. The largest absolute Gasteiger partial charge is 0.507 e. The van der Waals surface area contributed by atoms with Crippen LogP contribution in [0.15, 0.2) is 12.1 Å². The van der Waals surface area contributed by atoms with Gasteiger partial charge in [0.2, 0.25) is 5.79 Å². The molecule has 214 valence electrons. The van der Waals surface area contributed by atoms with Gasteiger partial charge in [-0.25, -0.2) is 9.78 Å². The molecule has 0 aliphatic carbocycles. The van der Waals surface area contributed by atoms with E-state index in [2.05, 4.69) is 41.5 Å². The van der Waals surface area contributed by atoms with Crippen LogP contribution in [0.4, 0.5) is 0 Å². The molecule has 0 fully saturated rings. The van der Waals surface area contributed by atoms with Crippen LogP contribution in [0.25, 0.3) is 0 Å². The van der Waals surface area contributed by atoms with Gasteiger partial charge in [-0.2, -0.15) is 9.78 Å². The van der Waals surface area contributed by atoms with Crippen LogP contribution >= 0.6 is 0 Å². The van der Waals surface area contributed by atoms with Crippen molar-refractivity contribution in [1.82, 2.24) is 0 Å². The predicted octanol–water partition coefficient (Wildman–Crippen LogP) is 7.45. The van der Waals surface area contributed by atoms with Crippen LogP contribution in [0, 0.1) is 0 Å². The maximum Gasteiger partial charge on any atom is 0.306 e. The summed E-state index contributed by atoms with van der Waals surface area (Å²) < 4.78 is 5.49. The molecule has 37 heavy (non-hydrogen) atoms. The first-order chi connectivity index (χ1) is 16.5. The van der Waals surface area contributed by atoms with Crippen molar-refractivity contribution in [1.29, 1.82) is 0 Å². The van der Waals surface area contributed by atoms with Gasteiger partial charge in [0.05, 0.1) is 17.8 Å². The summed E-state index contributed by atoms with van der Waals surface area (Å²) in [5.74, 6) is -1.10. The van der Waals surface area contributed by atoms with Crippen LogP contribution < -0.4 is 0 Å². The van der Waals surface area contributed by atoms with Gasteiger partial charge in [0.25, 0.3) is 0 Å². The highest BCUT2D eigenvalue weighted by molar-refractivity contribution is 5.69. The molecule has 7 heteroatoms. The van der Waals surface area contributed by atoms with E-state index < -0.39 is 17.0 Å². The lowest BCUT2D eigenvalue weighted by atomic mass is 9.78. The number of aromatic hydroxyl groups is 1. The van der Waals surface area contributed by atoms with E-state index in [0.717, 1.165) is 16.7 Å². The fourth-order valence-corrected chi connectivity index (χ4v) is 3.40. The Balaban J connectivity index is 2.74. The minimum absolute atomic E-state index is 0.217. The number of esters is 1. The van der Waals surface area contributed by atoms with Crippen molar-refractivity contribution >= 4 is 5.97 Å². The standard InChI is InChI=1S/C30H52O7/c1-26(2,3)22-19-21(20-23(25(22)32)27(4,5)6)15-16-24(31)33-18-14-17-30(13,36-34-28(7,8)9)37-35-29(10,11)12/h19-20,32H,14-18H2,1-13H3. The van der Waals surface area contributed by atoms with Gasteiger partial charge in [0, 0.05) is 12.8 Å². The van der Waals surface area contributed by atoms with Crippen LogP contribution in [0.1, 0.15) is 126 Å². The number of carbonyl (C=O) groups is 1. The molecule has 1 aromatic rings. The number of aryl methyl sites for hydroxylation is 1. The van der Waals surface area contributed by atoms with Crippen molar-refractivity contribution in [2.75, 3.05) is 6.61 Å². The molecule has 1 rings (SSSR count). The summed E-state index contributed by atoms with van der Waals surface area (Å²) in [5, 5.41) is 10.9. The second-order valence-electron chi connectivity index (χ2n) is 14.1. The average Bonchev–Trinajstić information content (AvgIpc) is 2.71. The maximum atomic E-state index is 12.5. The first-order valence-corrected chi connectivity index (χ1v) is 13.3. The number of hydrogen-bond donors (Lipinski definition) is 1. The van der Waals surface area contributed by atoms with Gasteiger partial charge in [-0.3, -0.25) is 4.79 Å². The van der Waals surface area contributed by atoms with E-state index in [1.807, 2.05) is 53.7 Å². The van der Waals surface area contributed by atoms with Gasteiger partial charge in [0.1, 0.15) is 5.75 Å². The fourth-order valence-electron chi connectivity index (χ4n) is 3.40. The molecule has 0 unspecified atom stereocenters. The molecule has 0 radical (unpaired) electrons. The van der Waals surface area contributed by atoms with Gasteiger partial charge >= 0.3 is 5.97 Å². The summed E-state index contributed by atoms with van der Waals surface area (Å²) in [6.45, 7) is 25.7. The molecule has 0 bridgehead atoms. The molecule has 0 aliphatic heterocycles. The van der Waals surface area contributed by atoms with Gasteiger partial charge in [0.15, 0.2) is 0 Å². The number of carbonyl (C=O) groups excluding carboxylic acids is 1. The Kier molecular flexibility index (Phi) is 11.2. The highest BCUT2D eigenvalue weighted by atomic mass is 17.3. The minimum Gasteiger partial charge on any atom is -0.507 e. The Labute approximate surface area is 225 Å². The number of rotatable bonds is 11. The molecule has 0 heterocycles. The molecule has 1 aromatic carbocycles. The number of phenols is 1. The predicted molar refractivity (Wildman–Crippen MR) is 146 cm³/mol. The Hall–Kier alpha value is -1.67. The number of benzene rings is 1. The van der Waals surface area contributed by atoms with Gasteiger partial charge < -0.3 is 9.84 Å². The van der Waals surface area contributed by atoms with E-state index in [4.69, 9.17) is 24.3 Å². The van der Waals surface area contributed by atoms with Crippen LogP contribution in [-0.4, -0.2) is 34.7 Å². The summed E-state index contributed by atoms with van der Waals surface area (Å²) in [6, 6.07) is 4.00. The van der Waals surface area contributed by atoms with Crippen molar-refractivity contribution in [3.63, 3.8) is 0 Å². The molecule has 0 aliphatic rings. The zero-order valence-electron chi connectivity index (χ0n) is 25.6. The lowest BCUT2D eigenvalue weighted by Gasteiger charge is -2.32. The molecule has 0 saturated heterocycles. The second kappa shape index (κ2) is 12.5. The Morgan fingerprint density at radius 3 is 1.54 bits per heavy atom. The summed E-state index contributed by atoms with van der Waals surface area (Å²) in [6.07, 6.45) is 1.69. The van der Waals surface area contributed by atoms with E-state index in [-0.39, 0.29) is 29.8 Å². The first kappa shape index (κ1) is 33.4. The third kappa shape index (κ3) is 12.6. The summed E-state index contributed by atoms with van der Waals surface area (Å²) >= 11 is 0. The van der Waals surface area contributed by atoms with E-state index in [1.165, 1.54) is 0 Å². The third-order valence-corrected chi connectivity index (χ3v) is 5.38. The van der Waals surface area contributed by atoms with E-state index in [1.54, 1.807) is 6.92 Å². The molecule has 0 saturated carbocycles. The van der Waals surface area contributed by atoms with Crippen molar-refractivity contribution in [3.05, 3.63) is 28.8 Å². The van der Waals surface area contributed by atoms with Crippen molar-refractivity contribution in [3.8, 4) is 5.75 Å². The topological polar surface area (TPSA) is 83.5 Å². The van der Waals surface area contributed by atoms with Crippen LogP contribution in [0.3, 0.4) is 0 Å². The van der Waals surface area contributed by atoms with Crippen LogP contribution in [0.2, 0.25) is 0 Å². The highest BCUT2D eigenvalue weighted by Crippen LogP contribution is 2.40. The quantitative estimate of drug-likeness (QED) is 0.106. The van der Waals surface area contributed by atoms with Gasteiger partial charge in [-0.05, 0) is 88.8 Å². The third-order valence-electron chi connectivity index (χ3n) is 5.38. The van der Waals surface area contributed by atoms with Gasteiger partial charge in [-0.1, -0.05) is 53.7 Å². The summed E-state index contributed by atoms with van der Waals surface area (Å²) in [5.41, 5.74) is 1.31. The summed E-state index contributed by atoms with van der Waals surface area (Å²) in [7, 11) is 0. The Morgan fingerprint density at radius 1 is 0.730 bits per heavy atom. The van der Waals surface area contributed by atoms with E-state index in [9.17, 15) is 9.90 Å². The molecule has 0 atom stereocenters. The zero-order valence-corrected chi connectivity index (χ0v) is 25.6. The fraction of sp³-hybridized carbons (Fsp3) is 0.767. The van der Waals surface area contributed by atoms with Crippen LogP contribution in [0.5, 0.6) is 5.75 Å². The molecule has 0 spiro atoms. The van der Waals surface area contributed by atoms with Crippen molar-refractivity contribution in [2.45, 2.75) is 144 Å². The lowest BCUT2D eigenvalue weighted by molar-refractivity contribution is -0.537. The molecular formula is C30H52O7. The monoisotopic (exact) mass is 524 g/mol.